The van der Waals surface area contributed by atoms with Gasteiger partial charge in [0.1, 0.15) is 5.82 Å². The van der Waals surface area contributed by atoms with Crippen LogP contribution in [0.25, 0.3) is 0 Å². The molecule has 1 N–H and O–H groups in total. The number of thiophene rings is 1. The Hall–Kier alpha value is -1.72. The molecule has 0 aliphatic rings. The van der Waals surface area contributed by atoms with Crippen molar-refractivity contribution in [3.8, 4) is 0 Å². The Morgan fingerprint density at radius 2 is 2.14 bits per heavy atom. The minimum absolute atomic E-state index is 0.115. The van der Waals surface area contributed by atoms with E-state index in [2.05, 4.69) is 10.2 Å². The first-order valence-electron chi connectivity index (χ1n) is 6.73. The summed E-state index contributed by atoms with van der Waals surface area (Å²) in [7, 11) is 3.95. The highest BCUT2D eigenvalue weighted by atomic mass is 32.1. The van der Waals surface area contributed by atoms with Gasteiger partial charge >= 0.3 is 0 Å². The number of aryl methyl sites for hydroxylation is 1. The molecule has 1 unspecified atom stereocenters. The molecule has 0 bridgehead atoms. The molecule has 21 heavy (non-hydrogen) atoms. The minimum atomic E-state index is -0.356. The van der Waals surface area contributed by atoms with Gasteiger partial charge in [-0.25, -0.2) is 4.39 Å². The predicted molar refractivity (Wildman–Crippen MR) is 84.2 cm³/mol. The Bertz CT molecular complexity index is 611. The number of nitrogens with one attached hydrogen (secondary N) is 1. The van der Waals surface area contributed by atoms with Gasteiger partial charge < -0.3 is 10.2 Å². The Labute approximate surface area is 128 Å². The van der Waals surface area contributed by atoms with Crippen LogP contribution in [0.1, 0.15) is 26.8 Å². The lowest BCUT2D eigenvalue weighted by atomic mass is 10.1. The van der Waals surface area contributed by atoms with Crippen LogP contribution < -0.4 is 5.32 Å². The summed E-state index contributed by atoms with van der Waals surface area (Å²) in [6.45, 7) is 2.16. The van der Waals surface area contributed by atoms with Crippen molar-refractivity contribution in [2.45, 2.75) is 13.0 Å². The van der Waals surface area contributed by atoms with E-state index < -0.39 is 0 Å². The van der Waals surface area contributed by atoms with Crippen LogP contribution in [-0.2, 0) is 0 Å². The Balaban J connectivity index is 2.03. The highest BCUT2D eigenvalue weighted by molar-refractivity contribution is 7.10. The van der Waals surface area contributed by atoms with E-state index in [-0.39, 0.29) is 17.8 Å². The van der Waals surface area contributed by atoms with E-state index in [4.69, 9.17) is 0 Å². The van der Waals surface area contributed by atoms with Gasteiger partial charge in [0.05, 0.1) is 6.04 Å². The third-order valence-corrected chi connectivity index (χ3v) is 4.36. The van der Waals surface area contributed by atoms with Crippen LogP contribution in [0, 0.1) is 12.7 Å². The number of hydrogen-bond acceptors (Lipinski definition) is 3. The average Bonchev–Trinajstić information content (AvgIpc) is 2.95. The van der Waals surface area contributed by atoms with Crippen molar-refractivity contribution in [2.75, 3.05) is 20.6 Å². The second-order valence-electron chi connectivity index (χ2n) is 5.17. The van der Waals surface area contributed by atoms with Crippen LogP contribution in [0.5, 0.6) is 0 Å². The molecule has 0 aliphatic heterocycles. The molecule has 1 atom stereocenters. The van der Waals surface area contributed by atoms with Gasteiger partial charge in [-0.15, -0.1) is 11.3 Å². The largest absolute Gasteiger partial charge is 0.350 e. The van der Waals surface area contributed by atoms with E-state index in [9.17, 15) is 9.18 Å². The fourth-order valence-electron chi connectivity index (χ4n) is 2.04. The second-order valence-corrected chi connectivity index (χ2v) is 6.15. The lowest BCUT2D eigenvalue weighted by Crippen LogP contribution is -2.34. The van der Waals surface area contributed by atoms with E-state index in [1.165, 1.54) is 10.9 Å². The zero-order valence-electron chi connectivity index (χ0n) is 12.4. The molecule has 0 aliphatic carbocycles. The molecule has 112 valence electrons. The quantitative estimate of drug-likeness (QED) is 0.920. The number of carbonyl (C=O) groups excluding carboxylic acids is 1. The smallest absolute Gasteiger partial charge is 0.251 e. The summed E-state index contributed by atoms with van der Waals surface area (Å²) in [4.78, 5) is 15.4. The third-order valence-electron chi connectivity index (χ3n) is 3.38. The summed E-state index contributed by atoms with van der Waals surface area (Å²) >= 11 is 1.66. The number of benzene rings is 1. The Morgan fingerprint density at radius 1 is 1.38 bits per heavy atom. The van der Waals surface area contributed by atoms with Crippen LogP contribution >= 0.6 is 11.3 Å². The molecule has 3 nitrogen and oxygen atoms in total. The van der Waals surface area contributed by atoms with Gasteiger partial charge in [-0.3, -0.25) is 4.79 Å². The van der Waals surface area contributed by atoms with Crippen LogP contribution in [-0.4, -0.2) is 31.4 Å². The number of hydrogen-bond donors (Lipinski definition) is 1. The second kappa shape index (κ2) is 6.83. The molecule has 0 saturated heterocycles. The van der Waals surface area contributed by atoms with Crippen LogP contribution in [0.4, 0.5) is 4.39 Å². The first-order chi connectivity index (χ1) is 9.99. The fraction of sp³-hybridized carbons (Fsp3) is 0.312. The fourth-order valence-corrected chi connectivity index (χ4v) is 2.97. The van der Waals surface area contributed by atoms with Crippen LogP contribution in [0.3, 0.4) is 0 Å². The van der Waals surface area contributed by atoms with Gasteiger partial charge in [-0.2, -0.15) is 0 Å². The highest BCUT2D eigenvalue weighted by Gasteiger charge is 2.17. The number of rotatable bonds is 5. The normalized spacial score (nSPS) is 12.4. The molecule has 0 saturated carbocycles. The van der Waals surface area contributed by atoms with Gasteiger partial charge in [0.2, 0.25) is 0 Å². The van der Waals surface area contributed by atoms with Gasteiger partial charge in [0, 0.05) is 17.0 Å². The molecule has 0 fully saturated rings. The van der Waals surface area contributed by atoms with Crippen LogP contribution in [0.15, 0.2) is 35.7 Å². The van der Waals surface area contributed by atoms with Crippen molar-refractivity contribution in [3.63, 3.8) is 0 Å². The van der Waals surface area contributed by atoms with E-state index in [1.54, 1.807) is 30.4 Å². The van der Waals surface area contributed by atoms with E-state index in [1.807, 2.05) is 31.6 Å². The molecular formula is C16H19FN2OS. The van der Waals surface area contributed by atoms with Gasteiger partial charge in [-0.05, 0) is 50.2 Å². The molecule has 5 heteroatoms. The maximum absolute atomic E-state index is 13.5. The molecule has 0 radical (unpaired) electrons. The number of amides is 1. The predicted octanol–water partition coefficient (Wildman–Crippen LogP) is 3.23. The Kier molecular flexibility index (Phi) is 5.09. The highest BCUT2D eigenvalue weighted by Crippen LogP contribution is 2.22. The number of halogens is 1. The summed E-state index contributed by atoms with van der Waals surface area (Å²) in [5.74, 6) is -0.609. The maximum Gasteiger partial charge on any atom is 0.251 e. The molecule has 1 heterocycles. The van der Waals surface area contributed by atoms with Gasteiger partial charge in [-0.1, -0.05) is 12.1 Å². The third kappa shape index (κ3) is 3.89. The summed E-state index contributed by atoms with van der Waals surface area (Å²) in [6, 6.07) is 8.70. The first-order valence-corrected chi connectivity index (χ1v) is 7.61. The van der Waals surface area contributed by atoms with Crippen molar-refractivity contribution < 1.29 is 9.18 Å². The lowest BCUT2D eigenvalue weighted by Gasteiger charge is -2.23. The van der Waals surface area contributed by atoms with Crippen molar-refractivity contribution in [2.24, 2.45) is 0 Å². The zero-order chi connectivity index (χ0) is 15.4. The molecule has 1 aromatic heterocycles. The van der Waals surface area contributed by atoms with E-state index in [0.717, 1.165) is 0 Å². The monoisotopic (exact) mass is 306 g/mol. The van der Waals surface area contributed by atoms with Gasteiger partial charge in [0.15, 0.2) is 0 Å². The molecule has 1 amide bonds. The zero-order valence-corrected chi connectivity index (χ0v) is 13.2. The minimum Gasteiger partial charge on any atom is -0.350 e. The Morgan fingerprint density at radius 3 is 2.71 bits per heavy atom. The summed E-state index contributed by atoms with van der Waals surface area (Å²) in [6.07, 6.45) is 0. The average molecular weight is 306 g/mol. The summed E-state index contributed by atoms with van der Waals surface area (Å²) in [5, 5.41) is 4.89. The SMILES string of the molecule is Cc1ccc(C(=O)NCC(c2cccs2)N(C)C)cc1F. The molecule has 2 rings (SSSR count). The number of nitrogens with zero attached hydrogens (tertiary/aromatic N) is 1. The molecule has 2 aromatic rings. The van der Waals surface area contributed by atoms with E-state index in [0.29, 0.717) is 17.7 Å². The molecule has 1 aromatic carbocycles. The first kappa shape index (κ1) is 15.7. The number of likely N-dealkylation sites (N-methyl/N-ethyl adjacent to an activating group) is 1. The van der Waals surface area contributed by atoms with Crippen molar-refractivity contribution in [3.05, 3.63) is 57.5 Å². The maximum atomic E-state index is 13.5. The standard InChI is InChI=1S/C16H19FN2OS/c1-11-6-7-12(9-13(11)17)16(20)18-10-14(19(2)3)15-5-4-8-21-15/h4-9,14H,10H2,1-3H3,(H,18,20). The summed E-state index contributed by atoms with van der Waals surface area (Å²) < 4.78 is 13.5. The van der Waals surface area contributed by atoms with Crippen molar-refractivity contribution in [1.82, 2.24) is 10.2 Å². The molecular weight excluding hydrogens is 287 g/mol. The number of carbonyl (C=O) groups is 1. The topological polar surface area (TPSA) is 32.3 Å². The van der Waals surface area contributed by atoms with E-state index >= 15 is 0 Å². The van der Waals surface area contributed by atoms with Crippen molar-refractivity contribution in [1.29, 1.82) is 0 Å². The van der Waals surface area contributed by atoms with Gasteiger partial charge in [0.25, 0.3) is 5.91 Å². The van der Waals surface area contributed by atoms with Crippen LogP contribution in [0.2, 0.25) is 0 Å². The van der Waals surface area contributed by atoms with Crippen molar-refractivity contribution >= 4 is 17.2 Å². The lowest BCUT2D eigenvalue weighted by molar-refractivity contribution is 0.0942. The molecule has 0 spiro atoms. The summed E-state index contributed by atoms with van der Waals surface area (Å²) in [5.41, 5.74) is 0.887.